The Hall–Kier alpha value is -1.73. The zero-order chi connectivity index (χ0) is 12.1. The number of carboxylic acids is 1. The van der Waals surface area contributed by atoms with Gasteiger partial charge >= 0.3 is 5.97 Å². The number of anilines is 1. The molecule has 0 saturated heterocycles. The molecule has 1 rings (SSSR count). The van der Waals surface area contributed by atoms with Crippen molar-refractivity contribution in [2.45, 2.75) is 19.4 Å². The predicted molar refractivity (Wildman–Crippen MR) is 61.5 cm³/mol. The maximum absolute atomic E-state index is 10.5. The summed E-state index contributed by atoms with van der Waals surface area (Å²) in [6.07, 6.45) is -0.0165. The third-order valence-corrected chi connectivity index (χ3v) is 2.22. The number of aliphatic carboxylic acids is 1. The summed E-state index contributed by atoms with van der Waals surface area (Å²) in [7, 11) is 0. The molecule has 1 aromatic rings. The maximum atomic E-state index is 10.5. The maximum Gasteiger partial charge on any atom is 0.305 e. The molecule has 84 valence electrons. The Balaban J connectivity index is 2.84. The molecule has 0 spiro atoms. The van der Waals surface area contributed by atoms with Crippen molar-refractivity contribution >= 4 is 23.3 Å². The van der Waals surface area contributed by atoms with Crippen molar-refractivity contribution in [1.29, 1.82) is 5.26 Å². The normalized spacial score (nSPS) is 11.6. The summed E-state index contributed by atoms with van der Waals surface area (Å²) in [5.74, 6) is -0.888. The second-order valence-corrected chi connectivity index (χ2v) is 3.88. The van der Waals surface area contributed by atoms with E-state index < -0.39 is 5.97 Å². The molecule has 0 aliphatic carbocycles. The van der Waals surface area contributed by atoms with Gasteiger partial charge in [-0.1, -0.05) is 11.6 Å². The minimum atomic E-state index is -0.888. The fraction of sp³-hybridized carbons (Fsp3) is 0.273. The average molecular weight is 239 g/mol. The third-order valence-electron chi connectivity index (χ3n) is 1.98. The quantitative estimate of drug-likeness (QED) is 0.845. The number of hydrogen-bond acceptors (Lipinski definition) is 3. The highest BCUT2D eigenvalue weighted by atomic mass is 35.5. The molecule has 0 aliphatic rings. The van der Waals surface area contributed by atoms with Crippen LogP contribution in [-0.4, -0.2) is 17.1 Å². The van der Waals surface area contributed by atoms with Gasteiger partial charge < -0.3 is 10.4 Å². The summed E-state index contributed by atoms with van der Waals surface area (Å²) in [6, 6.07) is 6.58. The molecule has 2 N–H and O–H groups in total. The van der Waals surface area contributed by atoms with Crippen molar-refractivity contribution in [3.8, 4) is 6.07 Å². The first-order valence-electron chi connectivity index (χ1n) is 4.71. The Morgan fingerprint density at radius 2 is 2.38 bits per heavy atom. The fourth-order valence-corrected chi connectivity index (χ4v) is 1.48. The van der Waals surface area contributed by atoms with Crippen LogP contribution in [0.1, 0.15) is 18.9 Å². The van der Waals surface area contributed by atoms with Crippen molar-refractivity contribution in [2.24, 2.45) is 0 Å². The molecule has 16 heavy (non-hydrogen) atoms. The van der Waals surface area contributed by atoms with Crippen molar-refractivity contribution in [3.63, 3.8) is 0 Å². The summed E-state index contributed by atoms with van der Waals surface area (Å²) in [6.45, 7) is 1.73. The van der Waals surface area contributed by atoms with Gasteiger partial charge in [-0.15, -0.1) is 0 Å². The number of hydrogen-bond donors (Lipinski definition) is 2. The van der Waals surface area contributed by atoms with Crippen LogP contribution in [0.2, 0.25) is 5.02 Å². The first-order valence-corrected chi connectivity index (χ1v) is 5.08. The molecule has 0 aromatic heterocycles. The Morgan fingerprint density at radius 1 is 1.69 bits per heavy atom. The molecule has 1 unspecified atom stereocenters. The largest absolute Gasteiger partial charge is 0.481 e. The van der Waals surface area contributed by atoms with Gasteiger partial charge in [-0.25, -0.2) is 0 Å². The lowest BCUT2D eigenvalue weighted by atomic mass is 10.1. The van der Waals surface area contributed by atoms with E-state index in [1.807, 2.05) is 6.07 Å². The van der Waals surface area contributed by atoms with E-state index in [1.165, 1.54) is 0 Å². The Kier molecular flexibility index (Phi) is 4.15. The van der Waals surface area contributed by atoms with Crippen LogP contribution in [0.3, 0.4) is 0 Å². The number of halogens is 1. The lowest BCUT2D eigenvalue weighted by Crippen LogP contribution is -2.19. The Morgan fingerprint density at radius 3 is 2.94 bits per heavy atom. The van der Waals surface area contributed by atoms with Gasteiger partial charge in [-0.2, -0.15) is 5.26 Å². The van der Waals surface area contributed by atoms with Crippen LogP contribution in [0.5, 0.6) is 0 Å². The Bertz CT molecular complexity index is 440. The highest BCUT2D eigenvalue weighted by Gasteiger charge is 2.10. The molecule has 0 aliphatic heterocycles. The number of carbonyl (C=O) groups is 1. The molecule has 1 aromatic carbocycles. The summed E-state index contributed by atoms with van der Waals surface area (Å²) in [5.41, 5.74) is 1.00. The highest BCUT2D eigenvalue weighted by Crippen LogP contribution is 2.21. The highest BCUT2D eigenvalue weighted by molar-refractivity contribution is 6.30. The smallest absolute Gasteiger partial charge is 0.305 e. The van der Waals surface area contributed by atoms with Crippen molar-refractivity contribution in [2.75, 3.05) is 5.32 Å². The number of nitrogens with one attached hydrogen (secondary N) is 1. The van der Waals surface area contributed by atoms with Gasteiger partial charge in [-0.05, 0) is 25.1 Å². The number of benzene rings is 1. The molecule has 0 fully saturated rings. The molecule has 0 radical (unpaired) electrons. The zero-order valence-corrected chi connectivity index (χ0v) is 9.45. The zero-order valence-electron chi connectivity index (χ0n) is 8.70. The van der Waals surface area contributed by atoms with Crippen molar-refractivity contribution < 1.29 is 9.90 Å². The van der Waals surface area contributed by atoms with Crippen LogP contribution in [0.15, 0.2) is 18.2 Å². The van der Waals surface area contributed by atoms with Crippen LogP contribution < -0.4 is 5.32 Å². The van der Waals surface area contributed by atoms with Crippen LogP contribution in [0, 0.1) is 11.3 Å². The lowest BCUT2D eigenvalue weighted by molar-refractivity contribution is -0.137. The molecule has 0 saturated carbocycles. The third kappa shape index (κ3) is 3.44. The van der Waals surface area contributed by atoms with E-state index in [0.29, 0.717) is 16.3 Å². The topological polar surface area (TPSA) is 73.1 Å². The summed E-state index contributed by atoms with van der Waals surface area (Å²) in [5, 5.41) is 20.9. The van der Waals surface area contributed by atoms with Crippen LogP contribution in [0.4, 0.5) is 5.69 Å². The SMILES string of the molecule is CC(CC(=O)O)Nc1cc(Cl)ccc1C#N. The molecular weight excluding hydrogens is 228 g/mol. The minimum Gasteiger partial charge on any atom is -0.481 e. The van der Waals surface area contributed by atoms with E-state index in [4.69, 9.17) is 22.0 Å². The molecule has 1 atom stereocenters. The van der Waals surface area contributed by atoms with Gasteiger partial charge in [0.1, 0.15) is 6.07 Å². The lowest BCUT2D eigenvalue weighted by Gasteiger charge is -2.14. The van der Waals surface area contributed by atoms with E-state index in [0.717, 1.165) is 0 Å². The monoisotopic (exact) mass is 238 g/mol. The van der Waals surface area contributed by atoms with E-state index in [-0.39, 0.29) is 12.5 Å². The van der Waals surface area contributed by atoms with Crippen molar-refractivity contribution in [3.05, 3.63) is 28.8 Å². The molecular formula is C11H11ClN2O2. The first kappa shape index (κ1) is 12.3. The van der Waals surface area contributed by atoms with Gasteiger partial charge in [0.05, 0.1) is 17.7 Å². The van der Waals surface area contributed by atoms with Crippen LogP contribution in [0.25, 0.3) is 0 Å². The fourth-order valence-electron chi connectivity index (χ4n) is 1.31. The van der Waals surface area contributed by atoms with E-state index in [9.17, 15) is 4.79 Å². The van der Waals surface area contributed by atoms with Crippen LogP contribution >= 0.6 is 11.6 Å². The number of rotatable bonds is 4. The van der Waals surface area contributed by atoms with Gasteiger partial charge in [0.2, 0.25) is 0 Å². The Labute approximate surface area is 98.5 Å². The van der Waals surface area contributed by atoms with Crippen LogP contribution in [-0.2, 0) is 4.79 Å². The van der Waals surface area contributed by atoms with Gasteiger partial charge in [0.25, 0.3) is 0 Å². The number of nitrogens with zero attached hydrogens (tertiary/aromatic N) is 1. The summed E-state index contributed by atoms with van der Waals surface area (Å²) < 4.78 is 0. The second kappa shape index (κ2) is 5.38. The predicted octanol–water partition coefficient (Wildman–Crippen LogP) is 2.49. The average Bonchev–Trinajstić information content (AvgIpc) is 2.16. The number of carboxylic acid groups (broad SMARTS) is 1. The van der Waals surface area contributed by atoms with Gasteiger partial charge in [-0.3, -0.25) is 4.79 Å². The second-order valence-electron chi connectivity index (χ2n) is 3.44. The summed E-state index contributed by atoms with van der Waals surface area (Å²) in [4.78, 5) is 10.5. The molecule has 4 nitrogen and oxygen atoms in total. The molecule has 0 heterocycles. The molecule has 0 bridgehead atoms. The van der Waals surface area contributed by atoms with E-state index >= 15 is 0 Å². The van der Waals surface area contributed by atoms with Gasteiger partial charge in [0, 0.05) is 11.1 Å². The minimum absolute atomic E-state index is 0.0165. The van der Waals surface area contributed by atoms with E-state index in [2.05, 4.69) is 5.32 Å². The van der Waals surface area contributed by atoms with Crippen molar-refractivity contribution in [1.82, 2.24) is 0 Å². The standard InChI is InChI=1S/C11H11ClN2O2/c1-7(4-11(15)16)14-10-5-9(12)3-2-8(10)6-13/h2-3,5,7,14H,4H2,1H3,(H,15,16). The molecule has 0 amide bonds. The van der Waals surface area contributed by atoms with Gasteiger partial charge in [0.15, 0.2) is 0 Å². The van der Waals surface area contributed by atoms with E-state index in [1.54, 1.807) is 25.1 Å². The molecule has 5 heteroatoms. The summed E-state index contributed by atoms with van der Waals surface area (Å²) >= 11 is 5.80. The first-order chi connectivity index (χ1) is 7.52. The number of nitriles is 1.